The fourth-order valence-electron chi connectivity index (χ4n) is 8.94. The third-order valence-electron chi connectivity index (χ3n) is 12.4. The van der Waals surface area contributed by atoms with Crippen molar-refractivity contribution in [3.8, 4) is 22.8 Å². The summed E-state index contributed by atoms with van der Waals surface area (Å²) in [6.45, 7) is 3.88. The third-order valence-corrected chi connectivity index (χ3v) is 12.9. The maximum absolute atomic E-state index is 16.4. The van der Waals surface area contributed by atoms with Crippen LogP contribution in [-0.2, 0) is 56.9 Å². The van der Waals surface area contributed by atoms with Gasteiger partial charge in [0.2, 0.25) is 23.6 Å². The van der Waals surface area contributed by atoms with Gasteiger partial charge in [-0.25, -0.2) is 9.37 Å². The highest BCUT2D eigenvalue weighted by Gasteiger charge is 2.43. The van der Waals surface area contributed by atoms with Gasteiger partial charge in [-0.1, -0.05) is 41.4 Å². The molecule has 2 N–H and O–H groups in total. The summed E-state index contributed by atoms with van der Waals surface area (Å²) < 4.78 is 30.1. The second kappa shape index (κ2) is 21.4. The molecule has 4 amide bonds. The second-order valence-electron chi connectivity index (χ2n) is 17.9. The van der Waals surface area contributed by atoms with E-state index < -0.39 is 53.6 Å². The normalized spacial score (nSPS) is 20.7. The van der Waals surface area contributed by atoms with Gasteiger partial charge in [0.05, 0.1) is 43.0 Å². The summed E-state index contributed by atoms with van der Waals surface area (Å²) in [6.07, 6.45) is 3.03. The van der Waals surface area contributed by atoms with Gasteiger partial charge in [0.25, 0.3) is 0 Å². The van der Waals surface area contributed by atoms with Crippen LogP contribution in [-0.4, -0.2) is 111 Å². The zero-order valence-corrected chi connectivity index (χ0v) is 40.2. The Balaban J connectivity index is 1.24. The first-order valence-corrected chi connectivity index (χ1v) is 23.0. The second-order valence-corrected chi connectivity index (χ2v) is 18.7. The number of benzene rings is 3. The number of nitrogens with zero attached hydrogens (tertiary/aromatic N) is 6. The summed E-state index contributed by atoms with van der Waals surface area (Å²) in [5.41, 5.74) is 3.01. The van der Waals surface area contributed by atoms with E-state index in [0.29, 0.717) is 48.8 Å². The summed E-state index contributed by atoms with van der Waals surface area (Å²) in [4.78, 5) is 72.9. The monoisotopic (exact) mass is 954 g/mol. The Morgan fingerprint density at radius 3 is 2.42 bits per heavy atom. The molecule has 0 radical (unpaired) electrons. The van der Waals surface area contributed by atoms with Crippen molar-refractivity contribution in [1.29, 1.82) is 0 Å². The molecule has 5 aromatic rings. The lowest BCUT2D eigenvalue weighted by molar-refractivity contribution is -0.148. The van der Waals surface area contributed by atoms with E-state index >= 15 is 4.39 Å². The molecule has 0 spiro atoms. The molecule has 2 bridgehead atoms. The quantitative estimate of drug-likeness (QED) is 0.128. The lowest BCUT2D eigenvalue weighted by Gasteiger charge is -2.45. The Labute approximate surface area is 400 Å². The van der Waals surface area contributed by atoms with Gasteiger partial charge in [0.1, 0.15) is 35.2 Å². The van der Waals surface area contributed by atoms with Crippen LogP contribution in [0.5, 0.6) is 11.5 Å². The van der Waals surface area contributed by atoms with Crippen LogP contribution in [0.3, 0.4) is 0 Å². The van der Waals surface area contributed by atoms with E-state index in [4.69, 9.17) is 32.7 Å². The smallest absolute Gasteiger partial charge is 0.245 e. The average Bonchev–Trinajstić information content (AvgIpc) is 3.64. The number of fused-ring (bicyclic) bond motifs is 2. The van der Waals surface area contributed by atoms with Crippen LogP contribution in [0.1, 0.15) is 54.5 Å². The van der Waals surface area contributed by atoms with Crippen LogP contribution < -0.4 is 15.4 Å². The summed E-state index contributed by atoms with van der Waals surface area (Å²) in [6, 6.07) is 20.1. The fraction of sp³-hybridized carbons (Fsp3) is 0.400. The number of aryl methyl sites for hydroxylation is 1. The molecular formula is C50H57Cl2FN8O6. The van der Waals surface area contributed by atoms with Crippen molar-refractivity contribution in [2.75, 3.05) is 40.9 Å². The van der Waals surface area contributed by atoms with E-state index in [9.17, 15) is 19.2 Å². The molecule has 7 rings (SSSR count). The fourth-order valence-corrected chi connectivity index (χ4v) is 9.26. The predicted molar refractivity (Wildman–Crippen MR) is 254 cm³/mol. The summed E-state index contributed by atoms with van der Waals surface area (Å²) in [7, 11) is 7.31. The van der Waals surface area contributed by atoms with Crippen LogP contribution in [0.4, 0.5) is 4.39 Å². The van der Waals surface area contributed by atoms with Gasteiger partial charge in [-0.05, 0) is 113 Å². The molecule has 14 nitrogen and oxygen atoms in total. The number of methoxy groups -OCH3 is 1. The number of aromatic nitrogens is 3. The van der Waals surface area contributed by atoms with Gasteiger partial charge in [-0.15, -0.1) is 0 Å². The van der Waals surface area contributed by atoms with E-state index in [-0.39, 0.29) is 48.2 Å². The molecule has 0 unspecified atom stereocenters. The van der Waals surface area contributed by atoms with Gasteiger partial charge in [-0.2, -0.15) is 0 Å². The maximum Gasteiger partial charge on any atom is 0.245 e. The number of carbonyl (C=O) groups excluding carboxylic acids is 4. The van der Waals surface area contributed by atoms with Crippen molar-refractivity contribution >= 4 is 46.8 Å². The largest absolute Gasteiger partial charge is 0.457 e. The number of ether oxygens (including phenoxy) is 2. The van der Waals surface area contributed by atoms with Crippen LogP contribution in [0.15, 0.2) is 85.1 Å². The number of hydrogen-bond donors (Lipinski definition) is 2. The van der Waals surface area contributed by atoms with Crippen LogP contribution in [0, 0.1) is 18.7 Å². The molecule has 67 heavy (non-hydrogen) atoms. The first-order chi connectivity index (χ1) is 32.0. The molecule has 0 saturated carbocycles. The number of amides is 4. The minimum atomic E-state index is -1.28. The molecule has 4 atom stereocenters. The number of piperidine rings is 1. The van der Waals surface area contributed by atoms with E-state index in [1.54, 1.807) is 41.4 Å². The van der Waals surface area contributed by atoms with Crippen molar-refractivity contribution in [1.82, 2.24) is 39.9 Å². The third kappa shape index (κ3) is 12.0. The van der Waals surface area contributed by atoms with Crippen LogP contribution in [0.25, 0.3) is 11.3 Å². The molecule has 4 heterocycles. The molecular weight excluding hydrogens is 899 g/mol. The topological polar surface area (TPSA) is 151 Å². The van der Waals surface area contributed by atoms with E-state index in [2.05, 4.69) is 20.6 Å². The van der Waals surface area contributed by atoms with Gasteiger partial charge >= 0.3 is 0 Å². The highest BCUT2D eigenvalue weighted by atomic mass is 35.5. The van der Waals surface area contributed by atoms with Crippen LogP contribution in [0.2, 0.25) is 10.0 Å². The molecule has 17 heteroatoms. The number of rotatable bonds is 13. The van der Waals surface area contributed by atoms with E-state index in [0.717, 1.165) is 34.4 Å². The zero-order chi connectivity index (χ0) is 48.0. The highest BCUT2D eigenvalue weighted by Crippen LogP contribution is 2.35. The van der Waals surface area contributed by atoms with E-state index in [1.165, 1.54) is 25.0 Å². The lowest BCUT2D eigenvalue weighted by atomic mass is 9.82. The summed E-state index contributed by atoms with van der Waals surface area (Å²) in [5.74, 6) is -2.57. The standard InChI is InChI=1S/C50H57Cl2FN8O6/c1-31-9-7-10-38(55-31)21-35-22-46(62)61(27-40-41(53)23-37(52)24-44(40)67-39-17-13-34(14-18-39)43-26-54-45(59(43)5)28-58(3)4)32(2)47(63)56-42(29-66-6)48(64)57-50(19-8-20-60(30-50)49(35)65)25-33-11-15-36(51)16-12-33/h7,9-18,23-24,26,32,35,42H,8,19-22,25,27-30H2,1-6H3,(H,56,63)(H,57,64)/t32-,35+,42-,50+/m0/s1. The van der Waals surface area contributed by atoms with Crippen molar-refractivity contribution in [3.63, 3.8) is 0 Å². The Bertz CT molecular complexity index is 2590. The number of halogens is 3. The molecule has 3 aromatic carbocycles. The van der Waals surface area contributed by atoms with E-state index in [1.807, 2.05) is 73.9 Å². The van der Waals surface area contributed by atoms with Gasteiger partial charge < -0.3 is 39.4 Å². The minimum absolute atomic E-state index is 0.0185. The maximum atomic E-state index is 16.4. The summed E-state index contributed by atoms with van der Waals surface area (Å²) >= 11 is 12.7. The Morgan fingerprint density at radius 2 is 1.72 bits per heavy atom. The lowest BCUT2D eigenvalue weighted by Crippen LogP contribution is -2.65. The molecule has 0 aliphatic carbocycles. The Kier molecular flexibility index (Phi) is 15.7. The van der Waals surface area contributed by atoms with Gasteiger partial charge in [0, 0.05) is 72.6 Å². The van der Waals surface area contributed by atoms with Gasteiger partial charge in [0.15, 0.2) is 0 Å². The summed E-state index contributed by atoms with van der Waals surface area (Å²) in [5, 5.41) is 6.65. The predicted octanol–water partition coefficient (Wildman–Crippen LogP) is 6.92. The van der Waals surface area contributed by atoms with Crippen molar-refractivity contribution in [2.24, 2.45) is 13.0 Å². The molecule has 2 aliphatic rings. The highest BCUT2D eigenvalue weighted by molar-refractivity contribution is 6.31. The number of hydrogen-bond acceptors (Lipinski definition) is 9. The average molecular weight is 956 g/mol. The molecule has 2 aliphatic heterocycles. The van der Waals surface area contributed by atoms with Crippen molar-refractivity contribution in [3.05, 3.63) is 129 Å². The Hall–Kier alpha value is -5.87. The first kappa shape index (κ1) is 49.0. The molecule has 354 valence electrons. The minimum Gasteiger partial charge on any atom is -0.457 e. The van der Waals surface area contributed by atoms with Crippen LogP contribution >= 0.6 is 23.2 Å². The SMILES string of the molecule is COC[C@@H]1NC(=O)[C@H](C)N(Cc2c(F)cc(Cl)cc2Oc2ccc(-c3cnc(CN(C)C)n3C)cc2)C(=O)C[C@@H](Cc2cccc(C)n2)C(=O)N2CCC[C@@](Cc3ccc(Cl)cc3)(C2)NC1=O. The first-order valence-electron chi connectivity index (χ1n) is 22.3. The number of nitrogens with one attached hydrogen (secondary N) is 2. The number of pyridine rings is 1. The Morgan fingerprint density at radius 1 is 0.970 bits per heavy atom. The van der Waals surface area contributed by atoms with Crippen molar-refractivity contribution in [2.45, 2.75) is 76.7 Å². The van der Waals surface area contributed by atoms with Crippen molar-refractivity contribution < 1.29 is 33.0 Å². The zero-order valence-electron chi connectivity index (χ0n) is 38.7. The number of imidazole rings is 1. The molecule has 2 saturated heterocycles. The molecule has 2 aromatic heterocycles. The molecule has 2 fully saturated rings. The van der Waals surface area contributed by atoms with Gasteiger partial charge in [-0.3, -0.25) is 24.2 Å². The number of carbonyl (C=O) groups is 4.